The van der Waals surface area contributed by atoms with Gasteiger partial charge in [-0.05, 0) is 11.8 Å². The van der Waals surface area contributed by atoms with Crippen LogP contribution in [-0.4, -0.2) is 12.1 Å². The van der Waals surface area contributed by atoms with E-state index in [0.717, 1.165) is 0 Å². The summed E-state index contributed by atoms with van der Waals surface area (Å²) in [7, 11) is 0. The molecular weight excluding hydrogens is 208 g/mol. The summed E-state index contributed by atoms with van der Waals surface area (Å²) in [5.41, 5.74) is 12.5. The maximum Gasteiger partial charge on any atom is 0.0299 e. The van der Waals surface area contributed by atoms with Gasteiger partial charge in [0.05, 0.1) is 0 Å². The summed E-state index contributed by atoms with van der Waals surface area (Å²) in [6, 6.07) is -0.208. The lowest BCUT2D eigenvalue weighted by atomic mass is 9.66. The van der Waals surface area contributed by atoms with Crippen LogP contribution in [0.1, 0.15) is 20.8 Å². The molecular formula is C15H26N2. The lowest BCUT2D eigenvalue weighted by Crippen LogP contribution is -2.55. The fourth-order valence-electron chi connectivity index (χ4n) is 2.91. The van der Waals surface area contributed by atoms with E-state index in [1.54, 1.807) is 0 Å². The van der Waals surface area contributed by atoms with Crippen LogP contribution in [0.2, 0.25) is 0 Å². The van der Waals surface area contributed by atoms with E-state index in [4.69, 9.17) is 11.5 Å². The molecule has 0 amide bonds. The average molecular weight is 234 g/mol. The molecule has 2 heteroatoms. The standard InChI is InChI=1S/C15H26N2/c1-6-11-8-9-12(10(3)4)15(5,7-2)14(17)13(11)16/h6-14H,1-2,16-17H2,3-5H3. The Kier molecular flexibility index (Phi) is 4.34. The van der Waals surface area contributed by atoms with E-state index in [1.165, 1.54) is 0 Å². The first-order valence-electron chi connectivity index (χ1n) is 6.34. The first-order chi connectivity index (χ1) is 7.88. The van der Waals surface area contributed by atoms with Gasteiger partial charge in [-0.15, -0.1) is 13.2 Å². The van der Waals surface area contributed by atoms with E-state index in [9.17, 15) is 0 Å². The molecule has 0 heterocycles. The van der Waals surface area contributed by atoms with Crippen LogP contribution in [0.4, 0.5) is 0 Å². The minimum absolute atomic E-state index is 0.101. The zero-order valence-corrected chi connectivity index (χ0v) is 11.3. The third-order valence-corrected chi connectivity index (χ3v) is 4.27. The Bertz CT molecular complexity index is 319. The number of nitrogens with two attached hydrogens (primary N) is 2. The number of hydrogen-bond donors (Lipinski definition) is 2. The quantitative estimate of drug-likeness (QED) is 0.737. The van der Waals surface area contributed by atoms with E-state index < -0.39 is 0 Å². The van der Waals surface area contributed by atoms with Crippen molar-refractivity contribution < 1.29 is 0 Å². The van der Waals surface area contributed by atoms with Gasteiger partial charge in [0.1, 0.15) is 0 Å². The number of allylic oxidation sites excluding steroid dienone is 1. The van der Waals surface area contributed by atoms with Gasteiger partial charge < -0.3 is 11.5 Å². The maximum absolute atomic E-state index is 6.38. The van der Waals surface area contributed by atoms with Crippen molar-refractivity contribution in [3.8, 4) is 0 Å². The van der Waals surface area contributed by atoms with Gasteiger partial charge in [-0.25, -0.2) is 0 Å². The Balaban J connectivity index is 3.22. The van der Waals surface area contributed by atoms with Crippen molar-refractivity contribution in [3.63, 3.8) is 0 Å². The molecule has 1 rings (SSSR count). The van der Waals surface area contributed by atoms with Crippen LogP contribution in [0.25, 0.3) is 0 Å². The molecule has 5 unspecified atom stereocenters. The summed E-state index contributed by atoms with van der Waals surface area (Å²) < 4.78 is 0. The monoisotopic (exact) mass is 234 g/mol. The fourth-order valence-corrected chi connectivity index (χ4v) is 2.91. The van der Waals surface area contributed by atoms with Gasteiger partial charge in [-0.2, -0.15) is 0 Å². The first-order valence-corrected chi connectivity index (χ1v) is 6.34. The first kappa shape index (κ1) is 14.2. The van der Waals surface area contributed by atoms with Crippen LogP contribution in [0.5, 0.6) is 0 Å². The molecule has 0 aromatic rings. The highest BCUT2D eigenvalue weighted by atomic mass is 14.8. The second kappa shape index (κ2) is 5.19. The van der Waals surface area contributed by atoms with Crippen molar-refractivity contribution in [3.05, 3.63) is 37.5 Å². The van der Waals surface area contributed by atoms with Gasteiger partial charge in [0.2, 0.25) is 0 Å². The summed E-state index contributed by atoms with van der Waals surface area (Å²) in [6.07, 6.45) is 8.24. The summed E-state index contributed by atoms with van der Waals surface area (Å²) >= 11 is 0. The van der Waals surface area contributed by atoms with Gasteiger partial charge >= 0.3 is 0 Å². The van der Waals surface area contributed by atoms with E-state index in [2.05, 4.69) is 46.1 Å². The molecule has 0 saturated carbocycles. The SMILES string of the molecule is C=CC1C=CC(C(C)C)C(C)(C=C)C(N)C1N. The Morgan fingerprint density at radius 2 is 1.82 bits per heavy atom. The van der Waals surface area contributed by atoms with E-state index >= 15 is 0 Å². The van der Waals surface area contributed by atoms with Crippen LogP contribution < -0.4 is 11.5 Å². The van der Waals surface area contributed by atoms with E-state index in [0.29, 0.717) is 11.8 Å². The van der Waals surface area contributed by atoms with Crippen molar-refractivity contribution in [2.24, 2.45) is 34.6 Å². The van der Waals surface area contributed by atoms with Crippen LogP contribution in [-0.2, 0) is 0 Å². The molecule has 0 aliphatic heterocycles. The summed E-state index contributed by atoms with van der Waals surface area (Å²) in [5, 5.41) is 0. The van der Waals surface area contributed by atoms with Crippen molar-refractivity contribution >= 4 is 0 Å². The van der Waals surface area contributed by atoms with Gasteiger partial charge in [0.25, 0.3) is 0 Å². The minimum Gasteiger partial charge on any atom is -0.326 e. The molecule has 0 saturated heterocycles. The van der Waals surface area contributed by atoms with Crippen molar-refractivity contribution in [1.29, 1.82) is 0 Å². The Labute approximate surface area is 105 Å². The van der Waals surface area contributed by atoms with Gasteiger partial charge in [-0.3, -0.25) is 0 Å². The second-order valence-electron chi connectivity index (χ2n) is 5.64. The smallest absolute Gasteiger partial charge is 0.0299 e. The highest BCUT2D eigenvalue weighted by molar-refractivity contribution is 5.20. The summed E-state index contributed by atoms with van der Waals surface area (Å²) in [6.45, 7) is 14.4. The molecule has 0 bridgehead atoms. The molecule has 0 aromatic carbocycles. The molecule has 2 nitrogen and oxygen atoms in total. The van der Waals surface area contributed by atoms with Crippen molar-refractivity contribution in [1.82, 2.24) is 0 Å². The minimum atomic E-state index is -0.165. The Morgan fingerprint density at radius 3 is 2.24 bits per heavy atom. The fraction of sp³-hybridized carbons (Fsp3) is 0.600. The molecule has 0 radical (unpaired) electrons. The lowest BCUT2D eigenvalue weighted by Gasteiger charge is -2.42. The molecule has 1 aliphatic rings. The summed E-state index contributed by atoms with van der Waals surface area (Å²) in [5.74, 6) is 1.02. The van der Waals surface area contributed by atoms with Crippen LogP contribution in [0, 0.1) is 23.2 Å². The number of rotatable bonds is 3. The van der Waals surface area contributed by atoms with Crippen LogP contribution >= 0.6 is 0 Å². The lowest BCUT2D eigenvalue weighted by molar-refractivity contribution is 0.180. The number of hydrogen-bond acceptors (Lipinski definition) is 2. The molecule has 0 fully saturated rings. The molecule has 0 spiro atoms. The van der Waals surface area contributed by atoms with E-state index in [-0.39, 0.29) is 23.4 Å². The third-order valence-electron chi connectivity index (χ3n) is 4.27. The normalized spacial score (nSPS) is 42.2. The maximum atomic E-state index is 6.38. The van der Waals surface area contributed by atoms with Crippen LogP contribution in [0.3, 0.4) is 0 Å². The summed E-state index contributed by atoms with van der Waals surface area (Å²) in [4.78, 5) is 0. The predicted octanol–water partition coefficient (Wildman–Crippen LogP) is 2.48. The zero-order valence-electron chi connectivity index (χ0n) is 11.3. The molecule has 5 atom stereocenters. The average Bonchev–Trinajstić information content (AvgIpc) is 2.39. The Hall–Kier alpha value is -0.860. The second-order valence-corrected chi connectivity index (χ2v) is 5.64. The predicted molar refractivity (Wildman–Crippen MR) is 75.4 cm³/mol. The van der Waals surface area contributed by atoms with Crippen molar-refractivity contribution in [2.45, 2.75) is 32.9 Å². The highest BCUT2D eigenvalue weighted by Crippen LogP contribution is 2.41. The largest absolute Gasteiger partial charge is 0.326 e. The van der Waals surface area contributed by atoms with Gasteiger partial charge in [0, 0.05) is 23.4 Å². The molecule has 17 heavy (non-hydrogen) atoms. The van der Waals surface area contributed by atoms with Crippen molar-refractivity contribution in [2.75, 3.05) is 0 Å². The van der Waals surface area contributed by atoms with E-state index in [1.807, 2.05) is 12.2 Å². The highest BCUT2D eigenvalue weighted by Gasteiger charge is 2.43. The van der Waals surface area contributed by atoms with Gasteiger partial charge in [-0.1, -0.05) is 45.1 Å². The topological polar surface area (TPSA) is 52.0 Å². The molecule has 4 N–H and O–H groups in total. The molecule has 1 aliphatic carbocycles. The molecule has 96 valence electrons. The molecule has 0 aromatic heterocycles. The third kappa shape index (κ3) is 2.38. The van der Waals surface area contributed by atoms with Crippen LogP contribution in [0.15, 0.2) is 37.5 Å². The van der Waals surface area contributed by atoms with Gasteiger partial charge in [0.15, 0.2) is 0 Å². The Morgan fingerprint density at radius 1 is 1.24 bits per heavy atom. The zero-order chi connectivity index (χ0) is 13.2.